The van der Waals surface area contributed by atoms with Crippen molar-refractivity contribution in [1.29, 1.82) is 0 Å². The van der Waals surface area contributed by atoms with Crippen molar-refractivity contribution < 1.29 is 35.5 Å². The summed E-state index contributed by atoms with van der Waals surface area (Å²) in [5.74, 6) is -0.317. The SMILES string of the molecule is CCOC(=O)NS(=O)(=O)c1ccc(CSc2ncc(C(C)(C)c3ccc(S(N)(=O)=O)c(Cl)c3)n2-c2ccc(F)c(OC)c2)c(Cl)c1. The number of nitrogens with one attached hydrogen (secondary N) is 1. The molecule has 0 aliphatic rings. The summed E-state index contributed by atoms with van der Waals surface area (Å²) < 4.78 is 76.9. The number of rotatable bonds is 11. The molecule has 4 aromatic rings. The van der Waals surface area contributed by atoms with E-state index in [1.807, 2.05) is 18.6 Å². The van der Waals surface area contributed by atoms with Crippen molar-refractivity contribution in [2.75, 3.05) is 13.7 Å². The topological polar surface area (TPSA) is 160 Å². The molecule has 1 amide bonds. The molecule has 0 spiro atoms. The second kappa shape index (κ2) is 13.8. The molecule has 0 aliphatic heterocycles. The fraction of sp³-hybridized carbons (Fsp3) is 0.241. The average Bonchev–Trinajstić information content (AvgIpc) is 3.40. The molecule has 0 radical (unpaired) electrons. The minimum atomic E-state index is -4.22. The van der Waals surface area contributed by atoms with Crippen LogP contribution in [0.5, 0.6) is 5.75 Å². The number of carbonyl (C=O) groups excluding carboxylic acids is 1. The molecule has 0 aliphatic carbocycles. The van der Waals surface area contributed by atoms with Gasteiger partial charge in [-0.25, -0.2) is 40.9 Å². The smallest absolute Gasteiger partial charge is 0.421 e. The average molecular weight is 732 g/mol. The number of benzene rings is 3. The fourth-order valence-electron chi connectivity index (χ4n) is 4.47. The molecular formula is C29H29Cl2FN4O7S3. The highest BCUT2D eigenvalue weighted by Crippen LogP contribution is 2.39. The van der Waals surface area contributed by atoms with Gasteiger partial charge >= 0.3 is 6.09 Å². The standard InChI is InChI=1S/C29H29Cl2FN4O7S3/c1-5-43-28(37)35-46(40,41)20-9-6-17(21(30)14-20)16-44-27-34-15-26(36(27)19-8-10-23(32)24(13-19)42-4)29(2,3)18-7-11-25(22(31)12-18)45(33,38)39/h6-15H,5,16H2,1-4H3,(H,35,37)(H2,33,38,39). The van der Waals surface area contributed by atoms with E-state index in [1.54, 1.807) is 29.8 Å². The van der Waals surface area contributed by atoms with Crippen LogP contribution in [0.4, 0.5) is 9.18 Å². The van der Waals surface area contributed by atoms with E-state index < -0.39 is 37.4 Å². The van der Waals surface area contributed by atoms with Crippen molar-refractivity contribution in [3.8, 4) is 11.4 Å². The number of halogens is 3. The number of nitrogens with zero attached hydrogens (tertiary/aromatic N) is 2. The second-order valence-corrected chi connectivity index (χ2v) is 15.2. The third-order valence-corrected chi connectivity index (χ3v) is 11.0. The Kier molecular flexibility index (Phi) is 10.6. The molecule has 246 valence electrons. The van der Waals surface area contributed by atoms with E-state index >= 15 is 0 Å². The van der Waals surface area contributed by atoms with E-state index in [2.05, 4.69) is 9.72 Å². The lowest BCUT2D eigenvalue weighted by molar-refractivity contribution is 0.158. The predicted octanol–water partition coefficient (Wildman–Crippen LogP) is 6.03. The van der Waals surface area contributed by atoms with Gasteiger partial charge in [-0.3, -0.25) is 4.57 Å². The summed E-state index contributed by atoms with van der Waals surface area (Å²) in [5.41, 5.74) is 1.55. The molecule has 17 heteroatoms. The van der Waals surface area contributed by atoms with E-state index in [-0.39, 0.29) is 37.9 Å². The van der Waals surface area contributed by atoms with Gasteiger partial charge in [0.1, 0.15) is 4.90 Å². The minimum Gasteiger partial charge on any atom is -0.494 e. The number of methoxy groups -OCH3 is 1. The Morgan fingerprint density at radius 3 is 2.39 bits per heavy atom. The van der Waals surface area contributed by atoms with Crippen LogP contribution in [0.2, 0.25) is 10.0 Å². The van der Waals surface area contributed by atoms with Gasteiger partial charge in [0.15, 0.2) is 16.7 Å². The Labute approximate surface area is 280 Å². The minimum absolute atomic E-state index is 0.00252. The van der Waals surface area contributed by atoms with Gasteiger partial charge in [-0.05, 0) is 54.4 Å². The van der Waals surface area contributed by atoms with Crippen LogP contribution in [-0.2, 0) is 36.0 Å². The summed E-state index contributed by atoms with van der Waals surface area (Å²) in [7, 11) is -6.92. The molecule has 1 heterocycles. The molecule has 0 unspecified atom stereocenters. The van der Waals surface area contributed by atoms with Gasteiger partial charge in [-0.15, -0.1) is 0 Å². The normalized spacial score (nSPS) is 12.2. The molecular weight excluding hydrogens is 702 g/mol. The first-order valence-corrected chi connectivity index (χ1v) is 18.1. The Balaban J connectivity index is 1.74. The quantitative estimate of drug-likeness (QED) is 0.176. The van der Waals surface area contributed by atoms with Gasteiger partial charge in [0.05, 0.1) is 41.2 Å². The van der Waals surface area contributed by atoms with Crippen LogP contribution in [0.25, 0.3) is 5.69 Å². The highest BCUT2D eigenvalue weighted by Gasteiger charge is 2.31. The van der Waals surface area contributed by atoms with Crippen LogP contribution in [0.3, 0.4) is 0 Å². The van der Waals surface area contributed by atoms with Gasteiger partial charge in [0.2, 0.25) is 10.0 Å². The maximum absolute atomic E-state index is 14.4. The van der Waals surface area contributed by atoms with Crippen molar-refractivity contribution >= 4 is 61.1 Å². The van der Waals surface area contributed by atoms with Crippen LogP contribution >= 0.6 is 35.0 Å². The van der Waals surface area contributed by atoms with E-state index in [1.165, 1.54) is 61.3 Å². The van der Waals surface area contributed by atoms with Crippen molar-refractivity contribution in [2.24, 2.45) is 5.14 Å². The lowest BCUT2D eigenvalue weighted by Gasteiger charge is -2.28. The molecule has 0 atom stereocenters. The van der Waals surface area contributed by atoms with E-state index in [9.17, 15) is 26.0 Å². The Bertz CT molecular complexity index is 2020. The van der Waals surface area contributed by atoms with Crippen molar-refractivity contribution in [3.05, 3.63) is 93.5 Å². The van der Waals surface area contributed by atoms with Crippen LogP contribution in [-0.4, -0.2) is 46.2 Å². The summed E-state index contributed by atoms with van der Waals surface area (Å²) in [4.78, 5) is 15.9. The lowest BCUT2D eigenvalue weighted by Crippen LogP contribution is -2.31. The molecule has 1 aromatic heterocycles. The molecule has 11 nitrogen and oxygen atoms in total. The van der Waals surface area contributed by atoms with Crippen LogP contribution in [0, 0.1) is 5.82 Å². The first-order valence-electron chi connectivity index (χ1n) is 13.3. The molecule has 3 aromatic carbocycles. The number of carbonyl (C=O) groups is 1. The van der Waals surface area contributed by atoms with Crippen LogP contribution in [0.15, 0.2) is 75.7 Å². The third kappa shape index (κ3) is 7.61. The van der Waals surface area contributed by atoms with Gasteiger partial charge in [-0.1, -0.05) is 60.9 Å². The number of hydrogen-bond acceptors (Lipinski definition) is 9. The van der Waals surface area contributed by atoms with Gasteiger partial charge < -0.3 is 9.47 Å². The zero-order chi connectivity index (χ0) is 34.0. The van der Waals surface area contributed by atoms with Crippen molar-refractivity contribution in [1.82, 2.24) is 14.3 Å². The number of nitrogens with two attached hydrogens (primary N) is 1. The third-order valence-electron chi connectivity index (χ3n) is 6.91. The van der Waals surface area contributed by atoms with Gasteiger partial charge in [-0.2, -0.15) is 0 Å². The predicted molar refractivity (Wildman–Crippen MR) is 173 cm³/mol. The molecule has 3 N–H and O–H groups in total. The molecule has 0 saturated heterocycles. The molecule has 0 bridgehead atoms. The molecule has 4 rings (SSSR count). The summed E-state index contributed by atoms with van der Waals surface area (Å²) in [6.45, 7) is 5.31. The Morgan fingerprint density at radius 2 is 1.78 bits per heavy atom. The van der Waals surface area contributed by atoms with Crippen LogP contribution in [0.1, 0.15) is 37.6 Å². The second-order valence-electron chi connectivity index (χ2n) is 10.3. The first kappa shape index (κ1) is 35.5. The largest absolute Gasteiger partial charge is 0.494 e. The highest BCUT2D eigenvalue weighted by molar-refractivity contribution is 7.98. The number of thioether (sulfide) groups is 1. The maximum Gasteiger partial charge on any atom is 0.421 e. The van der Waals surface area contributed by atoms with E-state index in [0.717, 1.165) is 0 Å². The summed E-state index contributed by atoms with van der Waals surface area (Å²) in [5, 5.41) is 5.85. The number of amides is 1. The summed E-state index contributed by atoms with van der Waals surface area (Å²) in [6.07, 6.45) is 0.529. The lowest BCUT2D eigenvalue weighted by atomic mass is 9.81. The van der Waals surface area contributed by atoms with Gasteiger partial charge in [0, 0.05) is 22.3 Å². The maximum atomic E-state index is 14.4. The fourth-order valence-corrected chi connectivity index (χ4v) is 7.86. The summed E-state index contributed by atoms with van der Waals surface area (Å²) in [6, 6.07) is 12.8. The summed E-state index contributed by atoms with van der Waals surface area (Å²) >= 11 is 14.0. The van der Waals surface area contributed by atoms with E-state index in [0.29, 0.717) is 27.7 Å². The van der Waals surface area contributed by atoms with Gasteiger partial charge in [0.25, 0.3) is 10.0 Å². The molecule has 0 saturated carbocycles. The monoisotopic (exact) mass is 730 g/mol. The first-order chi connectivity index (χ1) is 21.5. The Hall–Kier alpha value is -3.34. The van der Waals surface area contributed by atoms with Crippen molar-refractivity contribution in [3.63, 3.8) is 0 Å². The highest BCUT2D eigenvalue weighted by atomic mass is 35.5. The number of imidazole rings is 1. The molecule has 0 fully saturated rings. The molecule has 46 heavy (non-hydrogen) atoms. The number of ether oxygens (including phenoxy) is 2. The number of sulfonamides is 2. The van der Waals surface area contributed by atoms with Crippen molar-refractivity contribution in [2.45, 2.75) is 46.9 Å². The zero-order valence-corrected chi connectivity index (χ0v) is 28.8. The van der Waals surface area contributed by atoms with E-state index in [4.69, 9.17) is 33.1 Å². The number of aromatic nitrogens is 2. The van der Waals surface area contributed by atoms with Crippen LogP contribution < -0.4 is 14.6 Å². The zero-order valence-electron chi connectivity index (χ0n) is 24.9. The Morgan fingerprint density at radius 1 is 1.07 bits per heavy atom. The number of hydrogen-bond donors (Lipinski definition) is 2. The number of primary sulfonamides is 1.